The molecule has 0 fully saturated rings. The highest BCUT2D eigenvalue weighted by Gasteiger charge is 2.13. The molecule has 0 bridgehead atoms. The van der Waals surface area contributed by atoms with Crippen LogP contribution in [0.3, 0.4) is 0 Å². The zero-order valence-electron chi connectivity index (χ0n) is 15.4. The van der Waals surface area contributed by atoms with Crippen molar-refractivity contribution in [3.05, 3.63) is 90.0 Å². The number of nitrogens with one attached hydrogen (secondary N) is 1. The summed E-state index contributed by atoms with van der Waals surface area (Å²) in [5, 5.41) is 3.52. The predicted molar refractivity (Wildman–Crippen MR) is 113 cm³/mol. The summed E-state index contributed by atoms with van der Waals surface area (Å²) in [5.41, 5.74) is 3.29. The van der Waals surface area contributed by atoms with Gasteiger partial charge >= 0.3 is 0 Å². The molecule has 3 aromatic carbocycles. The maximum Gasteiger partial charge on any atom is 0.247 e. The number of hydrogen-bond donors (Lipinski definition) is 1. The van der Waals surface area contributed by atoms with Crippen LogP contribution in [0.2, 0.25) is 5.02 Å². The number of carbonyl (C=O) groups excluding carboxylic acids is 1. The normalized spacial score (nSPS) is 10.2. The molecule has 0 radical (unpaired) electrons. The topological polar surface area (TPSA) is 47.6 Å². The lowest BCUT2D eigenvalue weighted by Crippen LogP contribution is -2.08. The van der Waals surface area contributed by atoms with Gasteiger partial charge in [0.1, 0.15) is 18.1 Å². The number of anilines is 1. The van der Waals surface area contributed by atoms with E-state index in [0.29, 0.717) is 28.8 Å². The van der Waals surface area contributed by atoms with Crippen LogP contribution in [-0.4, -0.2) is 13.0 Å². The largest absolute Gasteiger partial charge is 0.497 e. The Kier molecular flexibility index (Phi) is 6.35. The Bertz CT molecular complexity index is 983. The Morgan fingerprint density at radius 3 is 2.54 bits per heavy atom. The first-order valence-electron chi connectivity index (χ1n) is 8.69. The summed E-state index contributed by atoms with van der Waals surface area (Å²) in [6.45, 7) is 3.90. The molecule has 3 rings (SSSR count). The van der Waals surface area contributed by atoms with Crippen LogP contribution in [0.25, 0.3) is 11.1 Å². The number of amides is 1. The van der Waals surface area contributed by atoms with Crippen molar-refractivity contribution in [1.29, 1.82) is 0 Å². The summed E-state index contributed by atoms with van der Waals surface area (Å²) in [5.74, 6) is 1.09. The SMILES string of the molecule is C=CC(=O)Nc1ccc(OC)cc1-c1ccccc1OCc1ccc(Cl)cc1. The van der Waals surface area contributed by atoms with Crippen molar-refractivity contribution in [1.82, 2.24) is 0 Å². The number of benzene rings is 3. The average Bonchev–Trinajstić information content (AvgIpc) is 2.74. The van der Waals surface area contributed by atoms with Gasteiger partial charge in [-0.1, -0.05) is 48.5 Å². The Hall–Kier alpha value is -3.24. The summed E-state index contributed by atoms with van der Waals surface area (Å²) in [4.78, 5) is 11.8. The van der Waals surface area contributed by atoms with E-state index in [2.05, 4.69) is 11.9 Å². The highest BCUT2D eigenvalue weighted by atomic mass is 35.5. The van der Waals surface area contributed by atoms with E-state index in [4.69, 9.17) is 21.1 Å². The van der Waals surface area contributed by atoms with Gasteiger partial charge < -0.3 is 14.8 Å². The van der Waals surface area contributed by atoms with Crippen molar-refractivity contribution in [2.24, 2.45) is 0 Å². The van der Waals surface area contributed by atoms with Crippen molar-refractivity contribution < 1.29 is 14.3 Å². The van der Waals surface area contributed by atoms with E-state index in [1.165, 1.54) is 6.08 Å². The Morgan fingerprint density at radius 1 is 1.07 bits per heavy atom. The van der Waals surface area contributed by atoms with E-state index >= 15 is 0 Å². The first-order chi connectivity index (χ1) is 13.6. The van der Waals surface area contributed by atoms with E-state index in [1.807, 2.05) is 54.6 Å². The van der Waals surface area contributed by atoms with Gasteiger partial charge in [-0.3, -0.25) is 4.79 Å². The summed E-state index contributed by atoms with van der Waals surface area (Å²) < 4.78 is 11.4. The molecule has 0 aliphatic heterocycles. The second-order valence-electron chi connectivity index (χ2n) is 6.02. The van der Waals surface area contributed by atoms with E-state index in [1.54, 1.807) is 19.2 Å². The maximum atomic E-state index is 11.8. The fourth-order valence-electron chi connectivity index (χ4n) is 2.72. The molecule has 142 valence electrons. The van der Waals surface area contributed by atoms with Crippen molar-refractivity contribution in [2.75, 3.05) is 12.4 Å². The molecule has 0 aliphatic rings. The Labute approximate surface area is 169 Å². The van der Waals surface area contributed by atoms with Crippen molar-refractivity contribution >= 4 is 23.2 Å². The second-order valence-corrected chi connectivity index (χ2v) is 6.45. The molecule has 1 amide bonds. The van der Waals surface area contributed by atoms with E-state index in [9.17, 15) is 4.79 Å². The van der Waals surface area contributed by atoms with Gasteiger partial charge in [0.25, 0.3) is 0 Å². The molecule has 0 spiro atoms. The van der Waals surface area contributed by atoms with Crippen LogP contribution in [0, 0.1) is 0 Å². The van der Waals surface area contributed by atoms with Gasteiger partial charge in [0.15, 0.2) is 0 Å². The summed E-state index contributed by atoms with van der Waals surface area (Å²) >= 11 is 5.94. The minimum Gasteiger partial charge on any atom is -0.497 e. The monoisotopic (exact) mass is 393 g/mol. The molecule has 5 heteroatoms. The molecule has 0 unspecified atom stereocenters. The highest BCUT2D eigenvalue weighted by Crippen LogP contribution is 2.37. The first-order valence-corrected chi connectivity index (χ1v) is 9.06. The lowest BCUT2D eigenvalue weighted by Gasteiger charge is -2.16. The standard InChI is InChI=1S/C23H20ClNO3/c1-3-23(26)25-21-13-12-18(27-2)14-20(21)19-6-4-5-7-22(19)28-15-16-8-10-17(24)11-9-16/h3-14H,1,15H2,2H3,(H,25,26). The van der Waals surface area contributed by atoms with Crippen LogP contribution >= 0.6 is 11.6 Å². The number of para-hydroxylation sites is 1. The van der Waals surface area contributed by atoms with Gasteiger partial charge in [0.05, 0.1) is 7.11 Å². The molecule has 0 saturated carbocycles. The molecule has 0 atom stereocenters. The highest BCUT2D eigenvalue weighted by molar-refractivity contribution is 6.30. The minimum absolute atomic E-state index is 0.286. The zero-order chi connectivity index (χ0) is 19.9. The smallest absolute Gasteiger partial charge is 0.247 e. The Morgan fingerprint density at radius 2 is 1.82 bits per heavy atom. The van der Waals surface area contributed by atoms with Crippen LogP contribution < -0.4 is 14.8 Å². The van der Waals surface area contributed by atoms with E-state index in [-0.39, 0.29) is 5.91 Å². The predicted octanol–water partition coefficient (Wildman–Crippen LogP) is 5.72. The molecular formula is C23H20ClNO3. The third-order valence-electron chi connectivity index (χ3n) is 4.15. The average molecular weight is 394 g/mol. The number of hydrogen-bond acceptors (Lipinski definition) is 3. The molecule has 3 aromatic rings. The van der Waals surface area contributed by atoms with Crippen LogP contribution in [-0.2, 0) is 11.4 Å². The second kappa shape index (κ2) is 9.11. The zero-order valence-corrected chi connectivity index (χ0v) is 16.2. The lowest BCUT2D eigenvalue weighted by molar-refractivity contribution is -0.111. The number of methoxy groups -OCH3 is 1. The molecule has 1 N–H and O–H groups in total. The summed E-state index contributed by atoms with van der Waals surface area (Å²) in [7, 11) is 1.60. The summed E-state index contributed by atoms with van der Waals surface area (Å²) in [6.07, 6.45) is 1.23. The van der Waals surface area contributed by atoms with Gasteiger partial charge in [-0.05, 0) is 48.0 Å². The molecule has 0 aromatic heterocycles. The molecular weight excluding hydrogens is 374 g/mol. The van der Waals surface area contributed by atoms with E-state index in [0.717, 1.165) is 16.7 Å². The molecule has 0 heterocycles. The maximum absolute atomic E-state index is 11.8. The Balaban J connectivity index is 1.95. The fraction of sp³-hybridized carbons (Fsp3) is 0.0870. The molecule has 4 nitrogen and oxygen atoms in total. The van der Waals surface area contributed by atoms with E-state index < -0.39 is 0 Å². The fourth-order valence-corrected chi connectivity index (χ4v) is 2.85. The molecule has 0 saturated heterocycles. The number of halogens is 1. The van der Waals surface area contributed by atoms with Crippen molar-refractivity contribution in [3.63, 3.8) is 0 Å². The molecule has 0 aliphatic carbocycles. The van der Waals surface area contributed by atoms with Crippen molar-refractivity contribution in [3.8, 4) is 22.6 Å². The van der Waals surface area contributed by atoms with Gasteiger partial charge in [-0.15, -0.1) is 0 Å². The first kappa shape index (κ1) is 19.5. The number of ether oxygens (including phenoxy) is 2. The van der Waals surface area contributed by atoms with Gasteiger partial charge in [-0.25, -0.2) is 0 Å². The van der Waals surface area contributed by atoms with Gasteiger partial charge in [-0.2, -0.15) is 0 Å². The van der Waals surface area contributed by atoms with Crippen LogP contribution in [0.1, 0.15) is 5.56 Å². The number of rotatable bonds is 7. The van der Waals surface area contributed by atoms with Crippen LogP contribution in [0.5, 0.6) is 11.5 Å². The number of carbonyl (C=O) groups is 1. The quantitative estimate of drug-likeness (QED) is 0.522. The third kappa shape index (κ3) is 4.72. The van der Waals surface area contributed by atoms with Gasteiger partial charge in [0, 0.05) is 21.8 Å². The van der Waals surface area contributed by atoms with Gasteiger partial charge in [0.2, 0.25) is 5.91 Å². The van der Waals surface area contributed by atoms with Crippen LogP contribution in [0.4, 0.5) is 5.69 Å². The summed E-state index contributed by atoms with van der Waals surface area (Å²) in [6, 6.07) is 20.6. The third-order valence-corrected chi connectivity index (χ3v) is 4.41. The minimum atomic E-state index is -0.286. The lowest BCUT2D eigenvalue weighted by atomic mass is 10.0. The van der Waals surface area contributed by atoms with Crippen LogP contribution in [0.15, 0.2) is 79.4 Å². The van der Waals surface area contributed by atoms with Crippen molar-refractivity contribution in [2.45, 2.75) is 6.61 Å². The molecule has 28 heavy (non-hydrogen) atoms.